The monoisotopic (exact) mass is 168 g/mol. The van der Waals surface area contributed by atoms with Crippen molar-refractivity contribution in [3.63, 3.8) is 0 Å². The first kappa shape index (κ1) is 11.2. The maximum absolute atomic E-state index is 11.4. The highest BCUT2D eigenvalue weighted by molar-refractivity contribution is 5.84. The van der Waals surface area contributed by atoms with Crippen LogP contribution in [0.1, 0.15) is 34.1 Å². The molecule has 1 unspecified atom stereocenters. The average molecular weight is 168 g/mol. The Morgan fingerprint density at radius 1 is 1.42 bits per heavy atom. The molecule has 1 atom stereocenters. The lowest BCUT2D eigenvalue weighted by Gasteiger charge is -2.22. The maximum atomic E-state index is 11.4. The lowest BCUT2D eigenvalue weighted by molar-refractivity contribution is -0.129. The second-order valence-corrected chi connectivity index (χ2v) is 4.27. The zero-order valence-corrected chi connectivity index (χ0v) is 8.14. The molecule has 1 N–H and O–H groups in total. The Hall–Kier alpha value is -0.810. The summed E-state index contributed by atoms with van der Waals surface area (Å²) in [5.74, 6) is 2.16. The van der Waals surface area contributed by atoms with Gasteiger partial charge in [0.1, 0.15) is 11.4 Å². The van der Waals surface area contributed by atoms with Gasteiger partial charge in [0.15, 0.2) is 0 Å². The van der Waals surface area contributed by atoms with Crippen LogP contribution < -0.4 is 0 Å². The van der Waals surface area contributed by atoms with Gasteiger partial charge in [0.2, 0.25) is 0 Å². The van der Waals surface area contributed by atoms with E-state index in [1.54, 1.807) is 0 Å². The summed E-state index contributed by atoms with van der Waals surface area (Å²) in [5, 5.41) is 9.40. The molecule has 0 aromatic heterocycles. The van der Waals surface area contributed by atoms with Gasteiger partial charge in [-0.25, -0.2) is 0 Å². The molecule has 0 aromatic rings. The Morgan fingerprint density at radius 2 is 1.83 bits per heavy atom. The summed E-state index contributed by atoms with van der Waals surface area (Å²) < 4.78 is 0. The van der Waals surface area contributed by atoms with Crippen molar-refractivity contribution in [1.29, 1.82) is 0 Å². The molecule has 0 rings (SSSR count). The first-order chi connectivity index (χ1) is 5.19. The van der Waals surface area contributed by atoms with Crippen molar-refractivity contribution in [3.05, 3.63) is 0 Å². The zero-order valence-electron chi connectivity index (χ0n) is 8.14. The van der Waals surface area contributed by atoms with Gasteiger partial charge in [0.05, 0.1) is 0 Å². The molecule has 68 valence electrons. The van der Waals surface area contributed by atoms with E-state index in [-0.39, 0.29) is 12.2 Å². The first-order valence-corrected chi connectivity index (χ1v) is 3.92. The van der Waals surface area contributed by atoms with Crippen LogP contribution in [0.25, 0.3) is 0 Å². The largest absolute Gasteiger partial charge is 0.377 e. The lowest BCUT2D eigenvalue weighted by atomic mass is 9.84. The van der Waals surface area contributed by atoms with Crippen LogP contribution in [0.3, 0.4) is 0 Å². The minimum absolute atomic E-state index is 0.0208. The molecule has 0 aliphatic carbocycles. The third-order valence-electron chi connectivity index (χ3n) is 1.65. The first-order valence-electron chi connectivity index (χ1n) is 3.92. The molecule has 0 aliphatic rings. The van der Waals surface area contributed by atoms with E-state index in [2.05, 4.69) is 5.92 Å². The van der Waals surface area contributed by atoms with Gasteiger partial charge in [0.25, 0.3) is 0 Å². The molecule has 0 aromatic carbocycles. The number of aliphatic hydroxyl groups is 1. The van der Waals surface area contributed by atoms with Gasteiger partial charge >= 0.3 is 0 Å². The summed E-state index contributed by atoms with van der Waals surface area (Å²) >= 11 is 0. The van der Waals surface area contributed by atoms with E-state index in [9.17, 15) is 9.90 Å². The summed E-state index contributed by atoms with van der Waals surface area (Å²) in [6.07, 6.45) is 5.07. The smallest absolute Gasteiger partial charge is 0.142 e. The van der Waals surface area contributed by atoms with E-state index >= 15 is 0 Å². The molecule has 0 saturated heterocycles. The summed E-state index contributed by atoms with van der Waals surface area (Å²) in [5.41, 5.74) is -1.73. The molecule has 0 aliphatic heterocycles. The predicted molar refractivity (Wildman–Crippen MR) is 48.5 cm³/mol. The van der Waals surface area contributed by atoms with E-state index in [1.165, 1.54) is 6.92 Å². The molecule has 12 heavy (non-hydrogen) atoms. The van der Waals surface area contributed by atoms with Gasteiger partial charge in [-0.2, -0.15) is 0 Å². The minimum Gasteiger partial charge on any atom is -0.377 e. The molecular formula is C10H16O2. The summed E-state index contributed by atoms with van der Waals surface area (Å²) in [6.45, 7) is 6.89. The van der Waals surface area contributed by atoms with Crippen LogP contribution in [0.15, 0.2) is 0 Å². The van der Waals surface area contributed by atoms with E-state index in [4.69, 9.17) is 6.42 Å². The van der Waals surface area contributed by atoms with Crippen LogP contribution >= 0.6 is 0 Å². The van der Waals surface area contributed by atoms with Gasteiger partial charge in [-0.1, -0.05) is 26.7 Å². The maximum Gasteiger partial charge on any atom is 0.142 e. The van der Waals surface area contributed by atoms with Crippen molar-refractivity contribution in [2.24, 2.45) is 5.41 Å². The number of rotatable bonds is 2. The topological polar surface area (TPSA) is 37.3 Å². The van der Waals surface area contributed by atoms with Gasteiger partial charge in [0, 0.05) is 11.8 Å². The standard InChI is InChI=1S/C10H16O2/c1-6-10(5,12)7-8(11)9(2,3)4/h1,12H,7H2,2-5H3. The van der Waals surface area contributed by atoms with Crippen molar-refractivity contribution in [3.8, 4) is 12.3 Å². The van der Waals surface area contributed by atoms with Crippen LogP contribution in [0, 0.1) is 17.8 Å². The molecular weight excluding hydrogens is 152 g/mol. The Morgan fingerprint density at radius 3 is 2.08 bits per heavy atom. The Labute approximate surface area is 74.0 Å². The molecule has 0 spiro atoms. The van der Waals surface area contributed by atoms with Crippen molar-refractivity contribution in [1.82, 2.24) is 0 Å². The van der Waals surface area contributed by atoms with E-state index in [1.807, 2.05) is 20.8 Å². The second-order valence-electron chi connectivity index (χ2n) is 4.27. The predicted octanol–water partition coefficient (Wildman–Crippen LogP) is 1.38. The van der Waals surface area contributed by atoms with Crippen LogP contribution in [0.2, 0.25) is 0 Å². The molecule has 0 saturated carbocycles. The summed E-state index contributed by atoms with van der Waals surface area (Å²) in [4.78, 5) is 11.4. The number of hydrogen-bond acceptors (Lipinski definition) is 2. The number of hydrogen-bond donors (Lipinski definition) is 1. The number of terminal acetylenes is 1. The molecule has 0 fully saturated rings. The fourth-order valence-corrected chi connectivity index (χ4v) is 0.629. The molecule has 0 amide bonds. The lowest BCUT2D eigenvalue weighted by Crippen LogP contribution is -2.31. The summed E-state index contributed by atoms with van der Waals surface area (Å²) in [6, 6.07) is 0. The number of ketones is 1. The van der Waals surface area contributed by atoms with Crippen molar-refractivity contribution in [2.75, 3.05) is 0 Å². The van der Waals surface area contributed by atoms with Crippen LogP contribution in [0.4, 0.5) is 0 Å². The molecule has 2 nitrogen and oxygen atoms in total. The van der Waals surface area contributed by atoms with Crippen molar-refractivity contribution >= 4 is 5.78 Å². The highest BCUT2D eigenvalue weighted by atomic mass is 16.3. The fourth-order valence-electron chi connectivity index (χ4n) is 0.629. The van der Waals surface area contributed by atoms with Crippen LogP contribution in [-0.2, 0) is 4.79 Å². The van der Waals surface area contributed by atoms with Gasteiger partial charge < -0.3 is 5.11 Å². The third-order valence-corrected chi connectivity index (χ3v) is 1.65. The molecule has 0 heterocycles. The average Bonchev–Trinajstić information content (AvgIpc) is 1.85. The molecule has 2 heteroatoms. The van der Waals surface area contributed by atoms with Crippen molar-refractivity contribution < 1.29 is 9.90 Å². The second kappa shape index (κ2) is 3.28. The Kier molecular flexibility index (Phi) is 3.06. The van der Waals surface area contributed by atoms with E-state index in [0.717, 1.165) is 0 Å². The van der Waals surface area contributed by atoms with Crippen molar-refractivity contribution in [2.45, 2.75) is 39.7 Å². The van der Waals surface area contributed by atoms with Gasteiger partial charge in [-0.15, -0.1) is 6.42 Å². The normalized spacial score (nSPS) is 16.3. The Balaban J connectivity index is 4.33. The Bertz CT molecular complexity index is 213. The molecule has 0 radical (unpaired) electrons. The minimum atomic E-state index is -1.30. The van der Waals surface area contributed by atoms with Crippen LogP contribution in [0.5, 0.6) is 0 Å². The fraction of sp³-hybridized carbons (Fsp3) is 0.700. The van der Waals surface area contributed by atoms with E-state index in [0.29, 0.717) is 0 Å². The third kappa shape index (κ3) is 3.54. The highest BCUT2D eigenvalue weighted by Crippen LogP contribution is 2.21. The van der Waals surface area contributed by atoms with Crippen LogP contribution in [-0.4, -0.2) is 16.5 Å². The van der Waals surface area contributed by atoms with E-state index < -0.39 is 11.0 Å². The zero-order chi connectivity index (χ0) is 9.99. The highest BCUT2D eigenvalue weighted by Gasteiger charge is 2.28. The SMILES string of the molecule is C#CC(C)(O)CC(=O)C(C)(C)C. The number of carbonyl (C=O) groups is 1. The number of Topliss-reactive ketones (excluding diaryl/α,β-unsaturated/α-hetero) is 1. The van der Waals surface area contributed by atoms with Gasteiger partial charge in [-0.05, 0) is 6.92 Å². The quantitative estimate of drug-likeness (QED) is 0.632. The van der Waals surface area contributed by atoms with Gasteiger partial charge in [-0.3, -0.25) is 4.79 Å². The number of carbonyl (C=O) groups excluding carboxylic acids is 1. The molecule has 0 bridgehead atoms. The summed E-state index contributed by atoms with van der Waals surface area (Å²) in [7, 11) is 0.